The van der Waals surface area contributed by atoms with Gasteiger partial charge in [0.2, 0.25) is 11.7 Å². The second kappa shape index (κ2) is 5.34. The van der Waals surface area contributed by atoms with Gasteiger partial charge in [0, 0.05) is 0 Å². The van der Waals surface area contributed by atoms with Gasteiger partial charge in [-0.2, -0.15) is 4.98 Å². The average molecular weight is 312 g/mol. The number of aromatic amines is 1. The molecular weight excluding hydrogens is 300 g/mol. The largest absolute Gasteiger partial charge is 0.461 e. The van der Waals surface area contributed by atoms with Gasteiger partial charge in [-0.05, 0) is 31.2 Å². The smallest absolute Gasteiger partial charge is 0.240 e. The lowest BCUT2D eigenvalue weighted by Gasteiger charge is -2.02. The van der Waals surface area contributed by atoms with Crippen molar-refractivity contribution in [1.29, 1.82) is 0 Å². The van der Waals surface area contributed by atoms with Crippen LogP contribution in [-0.2, 0) is 0 Å². The molecule has 0 spiro atoms. The van der Waals surface area contributed by atoms with Crippen molar-refractivity contribution in [3.8, 4) is 11.6 Å². The van der Waals surface area contributed by atoms with Gasteiger partial charge in [0.25, 0.3) is 0 Å². The molecule has 0 fully saturated rings. The number of fused-ring (bicyclic) bond motifs is 1. The maximum Gasteiger partial charge on any atom is 0.240 e. The first kappa shape index (κ1) is 13.1. The summed E-state index contributed by atoms with van der Waals surface area (Å²) in [5.41, 5.74) is 1.96. The maximum absolute atomic E-state index is 5.31. The first-order valence-electron chi connectivity index (χ1n) is 6.78. The van der Waals surface area contributed by atoms with Crippen LogP contribution >= 0.6 is 11.8 Å². The number of thioether (sulfide) groups is 1. The molecule has 0 amide bonds. The molecule has 110 valence electrons. The van der Waals surface area contributed by atoms with Crippen molar-refractivity contribution in [2.24, 2.45) is 0 Å². The Morgan fingerprint density at radius 1 is 1.14 bits per heavy atom. The van der Waals surface area contributed by atoms with Crippen LogP contribution in [0.2, 0.25) is 0 Å². The molecule has 0 radical (unpaired) electrons. The number of nitrogens with zero attached hydrogens (tertiary/aromatic N) is 3. The van der Waals surface area contributed by atoms with Crippen molar-refractivity contribution in [3.63, 3.8) is 0 Å². The van der Waals surface area contributed by atoms with Crippen LogP contribution in [-0.4, -0.2) is 20.1 Å². The van der Waals surface area contributed by atoms with E-state index in [1.807, 2.05) is 31.2 Å². The Morgan fingerprint density at radius 2 is 2.05 bits per heavy atom. The normalized spacial score (nSPS) is 12.8. The molecule has 6 nitrogen and oxygen atoms in total. The zero-order chi connectivity index (χ0) is 14.9. The number of nitrogens with one attached hydrogen (secondary N) is 1. The highest BCUT2D eigenvalue weighted by Crippen LogP contribution is 2.33. The summed E-state index contributed by atoms with van der Waals surface area (Å²) in [7, 11) is 0. The van der Waals surface area contributed by atoms with Crippen LogP contribution < -0.4 is 0 Å². The van der Waals surface area contributed by atoms with Gasteiger partial charge in [-0.3, -0.25) is 0 Å². The van der Waals surface area contributed by atoms with Crippen LogP contribution in [0.1, 0.15) is 18.1 Å². The average Bonchev–Trinajstić information content (AvgIpc) is 3.26. The number of imidazole rings is 1. The van der Waals surface area contributed by atoms with Crippen LogP contribution in [0.15, 0.2) is 56.8 Å². The predicted octanol–water partition coefficient (Wildman–Crippen LogP) is 4.06. The van der Waals surface area contributed by atoms with E-state index in [2.05, 4.69) is 20.1 Å². The second-order valence-electron chi connectivity index (χ2n) is 4.75. The Balaban J connectivity index is 1.55. The third-order valence-electron chi connectivity index (χ3n) is 3.19. The van der Waals surface area contributed by atoms with E-state index < -0.39 is 0 Å². The fraction of sp³-hybridized carbons (Fsp3) is 0.133. The number of furan rings is 1. The topological polar surface area (TPSA) is 80.7 Å². The van der Waals surface area contributed by atoms with E-state index in [0.29, 0.717) is 17.5 Å². The molecule has 3 heterocycles. The van der Waals surface area contributed by atoms with Crippen molar-refractivity contribution in [2.45, 2.75) is 17.3 Å². The van der Waals surface area contributed by atoms with Crippen LogP contribution in [0.4, 0.5) is 0 Å². The minimum absolute atomic E-state index is 0.0169. The maximum atomic E-state index is 5.31. The number of para-hydroxylation sites is 2. The molecule has 0 bridgehead atoms. The van der Waals surface area contributed by atoms with Gasteiger partial charge in [-0.1, -0.05) is 29.1 Å². The second-order valence-corrected chi connectivity index (χ2v) is 6.08. The molecule has 4 aromatic rings. The Kier molecular flexibility index (Phi) is 3.19. The zero-order valence-corrected chi connectivity index (χ0v) is 12.5. The van der Waals surface area contributed by atoms with Gasteiger partial charge >= 0.3 is 0 Å². The summed E-state index contributed by atoms with van der Waals surface area (Å²) in [4.78, 5) is 12.2. The molecule has 0 aliphatic rings. The summed E-state index contributed by atoms with van der Waals surface area (Å²) in [6.45, 7) is 2.00. The minimum atomic E-state index is -0.0169. The fourth-order valence-corrected chi connectivity index (χ4v) is 2.96. The molecule has 0 saturated heterocycles. The quantitative estimate of drug-likeness (QED) is 0.572. The number of rotatable bonds is 4. The van der Waals surface area contributed by atoms with Crippen molar-refractivity contribution in [2.75, 3.05) is 0 Å². The standard InChI is InChI=1S/C15H12N4O2S/c1-9(14-18-13(19-21-14)12-7-4-8-20-12)22-15-16-10-5-2-3-6-11(10)17-15/h2-9H,1H3,(H,16,17)/t9-/m0/s1. The number of hydrogen-bond acceptors (Lipinski definition) is 6. The van der Waals surface area contributed by atoms with Crippen LogP contribution in [0.25, 0.3) is 22.6 Å². The highest BCUT2D eigenvalue weighted by molar-refractivity contribution is 7.99. The lowest BCUT2D eigenvalue weighted by atomic mass is 10.3. The van der Waals surface area contributed by atoms with Crippen molar-refractivity contribution < 1.29 is 8.94 Å². The van der Waals surface area contributed by atoms with Gasteiger partial charge in [-0.25, -0.2) is 4.98 Å². The third-order valence-corrected chi connectivity index (χ3v) is 4.16. The van der Waals surface area contributed by atoms with E-state index in [1.165, 1.54) is 11.8 Å². The molecule has 1 N–H and O–H groups in total. The van der Waals surface area contributed by atoms with Crippen LogP contribution in [0, 0.1) is 0 Å². The molecule has 7 heteroatoms. The molecule has 0 aliphatic carbocycles. The van der Waals surface area contributed by atoms with Gasteiger partial charge in [0.1, 0.15) is 0 Å². The van der Waals surface area contributed by atoms with Crippen molar-refractivity contribution in [3.05, 3.63) is 48.6 Å². The van der Waals surface area contributed by atoms with Crippen molar-refractivity contribution in [1.82, 2.24) is 20.1 Å². The van der Waals surface area contributed by atoms with E-state index in [0.717, 1.165) is 16.2 Å². The molecule has 0 aliphatic heterocycles. The van der Waals surface area contributed by atoms with Crippen molar-refractivity contribution >= 4 is 22.8 Å². The summed E-state index contributed by atoms with van der Waals surface area (Å²) < 4.78 is 10.6. The Labute approximate surface area is 129 Å². The van der Waals surface area contributed by atoms with Crippen LogP contribution in [0.5, 0.6) is 0 Å². The van der Waals surface area contributed by atoms with E-state index in [9.17, 15) is 0 Å². The summed E-state index contributed by atoms with van der Waals surface area (Å²) in [6, 6.07) is 11.5. The van der Waals surface area contributed by atoms with Gasteiger partial charge < -0.3 is 13.9 Å². The molecule has 22 heavy (non-hydrogen) atoms. The summed E-state index contributed by atoms with van der Waals surface area (Å²) >= 11 is 1.54. The number of hydrogen-bond donors (Lipinski definition) is 1. The number of benzene rings is 1. The molecule has 0 saturated carbocycles. The van der Waals surface area contributed by atoms with Gasteiger partial charge in [-0.15, -0.1) is 0 Å². The number of H-pyrrole nitrogens is 1. The van der Waals surface area contributed by atoms with E-state index in [1.54, 1.807) is 18.4 Å². The SMILES string of the molecule is C[C@H](Sc1nc2ccccc2[nH]1)c1nc(-c2ccco2)no1. The lowest BCUT2D eigenvalue weighted by molar-refractivity contribution is 0.379. The molecule has 0 unspecified atom stereocenters. The predicted molar refractivity (Wildman–Crippen MR) is 82.4 cm³/mol. The number of aromatic nitrogens is 4. The minimum Gasteiger partial charge on any atom is -0.461 e. The van der Waals surface area contributed by atoms with E-state index >= 15 is 0 Å². The molecular formula is C15H12N4O2S. The fourth-order valence-electron chi connectivity index (χ4n) is 2.11. The Morgan fingerprint density at radius 3 is 2.86 bits per heavy atom. The monoisotopic (exact) mass is 312 g/mol. The Bertz CT molecular complexity index is 864. The first-order valence-corrected chi connectivity index (χ1v) is 7.66. The van der Waals surface area contributed by atoms with Gasteiger partial charge in [0.05, 0.1) is 22.5 Å². The van der Waals surface area contributed by atoms with Crippen LogP contribution in [0.3, 0.4) is 0 Å². The highest BCUT2D eigenvalue weighted by atomic mass is 32.2. The highest BCUT2D eigenvalue weighted by Gasteiger charge is 2.19. The van der Waals surface area contributed by atoms with E-state index in [4.69, 9.17) is 8.94 Å². The zero-order valence-electron chi connectivity index (χ0n) is 11.7. The molecule has 4 rings (SSSR count). The Hall–Kier alpha value is -2.54. The van der Waals surface area contributed by atoms with E-state index in [-0.39, 0.29) is 5.25 Å². The molecule has 3 aromatic heterocycles. The molecule has 1 aromatic carbocycles. The summed E-state index contributed by atoms with van der Waals surface area (Å²) in [6.07, 6.45) is 1.58. The third kappa shape index (κ3) is 2.39. The summed E-state index contributed by atoms with van der Waals surface area (Å²) in [5, 5.41) is 4.75. The summed E-state index contributed by atoms with van der Waals surface area (Å²) in [5.74, 6) is 1.59. The molecule has 1 atom stereocenters. The van der Waals surface area contributed by atoms with Gasteiger partial charge in [0.15, 0.2) is 10.9 Å². The lowest BCUT2D eigenvalue weighted by Crippen LogP contribution is -1.89. The first-order chi connectivity index (χ1) is 10.8.